The molecule has 0 spiro atoms. The first-order chi connectivity index (χ1) is 8.07. The summed E-state index contributed by atoms with van der Waals surface area (Å²) in [5.41, 5.74) is 1.13. The van der Waals surface area contributed by atoms with Crippen molar-refractivity contribution in [3.63, 3.8) is 0 Å². The highest BCUT2D eigenvalue weighted by molar-refractivity contribution is 6.01. The number of ether oxygens (including phenoxy) is 1. The van der Waals surface area contributed by atoms with Gasteiger partial charge < -0.3 is 9.84 Å². The van der Waals surface area contributed by atoms with Gasteiger partial charge in [0.25, 0.3) is 0 Å². The Kier molecular flexibility index (Phi) is 2.85. The lowest BCUT2D eigenvalue weighted by atomic mass is 10.1. The molecule has 1 aromatic rings. The van der Waals surface area contributed by atoms with Gasteiger partial charge in [0.2, 0.25) is 5.91 Å². The number of hydrogen-bond donors (Lipinski definition) is 1. The van der Waals surface area contributed by atoms with Gasteiger partial charge in [-0.05, 0) is 6.07 Å². The summed E-state index contributed by atoms with van der Waals surface area (Å²) >= 11 is 0. The third-order valence-corrected chi connectivity index (χ3v) is 2.87. The molecule has 0 saturated carbocycles. The van der Waals surface area contributed by atoms with Crippen molar-refractivity contribution in [1.29, 1.82) is 0 Å². The van der Waals surface area contributed by atoms with Gasteiger partial charge in [0.05, 0.1) is 12.8 Å². The van der Waals surface area contributed by atoms with Gasteiger partial charge in [0.15, 0.2) is 6.04 Å². The molecule has 1 heterocycles. The van der Waals surface area contributed by atoms with Crippen LogP contribution >= 0.6 is 0 Å². The Hall–Kier alpha value is -1.88. The van der Waals surface area contributed by atoms with Crippen molar-refractivity contribution in [2.45, 2.75) is 19.1 Å². The molecule has 0 fully saturated rings. The van der Waals surface area contributed by atoms with E-state index in [4.69, 9.17) is 0 Å². The van der Waals surface area contributed by atoms with Gasteiger partial charge in [-0.3, -0.25) is 9.69 Å². The lowest BCUT2D eigenvalue weighted by Crippen LogP contribution is -2.44. The van der Waals surface area contributed by atoms with Gasteiger partial charge in [0, 0.05) is 12.5 Å². The van der Waals surface area contributed by atoms with Crippen LogP contribution in [0.2, 0.25) is 0 Å². The Labute approximate surface area is 98.6 Å². The number of rotatable bonds is 1. The monoisotopic (exact) mass is 235 g/mol. The number of amides is 1. The molecule has 1 amide bonds. The van der Waals surface area contributed by atoms with E-state index in [2.05, 4.69) is 4.74 Å². The zero-order valence-electron chi connectivity index (χ0n) is 9.58. The van der Waals surface area contributed by atoms with Gasteiger partial charge in [-0.2, -0.15) is 0 Å². The first-order valence-electron chi connectivity index (χ1n) is 5.22. The van der Waals surface area contributed by atoms with Crippen molar-refractivity contribution in [2.24, 2.45) is 0 Å². The normalized spacial score (nSPS) is 22.2. The largest absolute Gasteiger partial charge is 0.467 e. The van der Waals surface area contributed by atoms with Crippen molar-refractivity contribution < 1.29 is 19.4 Å². The van der Waals surface area contributed by atoms with Gasteiger partial charge in [-0.15, -0.1) is 0 Å². The van der Waals surface area contributed by atoms with Crippen LogP contribution in [0.5, 0.6) is 0 Å². The van der Waals surface area contributed by atoms with Crippen LogP contribution in [0, 0.1) is 0 Å². The van der Waals surface area contributed by atoms with Crippen molar-refractivity contribution in [3.05, 3.63) is 29.8 Å². The third kappa shape index (κ3) is 1.68. The molecule has 0 saturated heterocycles. The van der Waals surface area contributed by atoms with Crippen LogP contribution in [0.1, 0.15) is 18.6 Å². The molecule has 5 heteroatoms. The summed E-state index contributed by atoms with van der Waals surface area (Å²) in [5, 5.41) is 10.1. The molecule has 90 valence electrons. The number of esters is 1. The molecule has 1 N–H and O–H groups in total. The Bertz CT molecular complexity index is 471. The summed E-state index contributed by atoms with van der Waals surface area (Å²) < 4.78 is 4.62. The van der Waals surface area contributed by atoms with Crippen molar-refractivity contribution >= 4 is 17.6 Å². The van der Waals surface area contributed by atoms with E-state index in [0.29, 0.717) is 11.3 Å². The molecule has 1 aromatic carbocycles. The van der Waals surface area contributed by atoms with Crippen LogP contribution in [0.3, 0.4) is 0 Å². The highest BCUT2D eigenvalue weighted by Gasteiger charge is 2.44. The van der Waals surface area contributed by atoms with E-state index in [1.54, 1.807) is 24.3 Å². The quantitative estimate of drug-likeness (QED) is 0.725. The maximum absolute atomic E-state index is 11.6. The lowest BCUT2D eigenvalue weighted by molar-refractivity contribution is -0.146. The molecule has 0 radical (unpaired) electrons. The first-order valence-corrected chi connectivity index (χ1v) is 5.22. The van der Waals surface area contributed by atoms with Crippen LogP contribution in [-0.2, 0) is 14.3 Å². The molecule has 1 aliphatic rings. The molecule has 17 heavy (non-hydrogen) atoms. The number of nitrogens with zero attached hydrogens (tertiary/aromatic N) is 1. The molecule has 0 bridgehead atoms. The molecular weight excluding hydrogens is 222 g/mol. The Balaban J connectivity index is 2.51. The average Bonchev–Trinajstić information content (AvgIpc) is 2.62. The minimum Gasteiger partial charge on any atom is -0.467 e. The van der Waals surface area contributed by atoms with E-state index in [9.17, 15) is 14.7 Å². The molecule has 2 unspecified atom stereocenters. The second kappa shape index (κ2) is 4.18. The molecule has 0 aliphatic carbocycles. The maximum Gasteiger partial charge on any atom is 0.332 e. The average molecular weight is 235 g/mol. The minimum absolute atomic E-state index is 0.301. The van der Waals surface area contributed by atoms with Crippen molar-refractivity contribution in [3.8, 4) is 0 Å². The predicted molar refractivity (Wildman–Crippen MR) is 60.4 cm³/mol. The molecule has 0 aromatic heterocycles. The Morgan fingerprint density at radius 2 is 2.00 bits per heavy atom. The summed E-state index contributed by atoms with van der Waals surface area (Å²) in [6, 6.07) is 5.90. The number of fused-ring (bicyclic) bond motifs is 1. The second-order valence-corrected chi connectivity index (χ2v) is 3.86. The van der Waals surface area contributed by atoms with Gasteiger partial charge >= 0.3 is 5.97 Å². The summed E-state index contributed by atoms with van der Waals surface area (Å²) in [6.45, 7) is 1.35. The fourth-order valence-corrected chi connectivity index (χ4v) is 2.14. The molecule has 5 nitrogen and oxygen atoms in total. The number of carbonyl (C=O) groups is 2. The summed E-state index contributed by atoms with van der Waals surface area (Å²) in [5.74, 6) is -0.923. The van der Waals surface area contributed by atoms with E-state index >= 15 is 0 Å². The third-order valence-electron chi connectivity index (χ3n) is 2.87. The van der Waals surface area contributed by atoms with Crippen LogP contribution in [0.4, 0.5) is 5.69 Å². The van der Waals surface area contributed by atoms with E-state index in [1.807, 2.05) is 0 Å². The summed E-state index contributed by atoms with van der Waals surface area (Å²) in [7, 11) is 1.23. The van der Waals surface area contributed by atoms with Crippen molar-refractivity contribution in [2.75, 3.05) is 12.0 Å². The zero-order chi connectivity index (χ0) is 12.6. The molecular formula is C12H13NO4. The van der Waals surface area contributed by atoms with Crippen LogP contribution in [0.25, 0.3) is 0 Å². The smallest absolute Gasteiger partial charge is 0.332 e. The SMILES string of the molecule is COC(=O)C1C(O)c2ccccc2N1C(C)=O. The Morgan fingerprint density at radius 3 is 2.59 bits per heavy atom. The standard InChI is InChI=1S/C12H13NO4/c1-7(14)13-9-6-4-3-5-8(9)11(15)10(13)12(16)17-2/h3-6,10-11,15H,1-2H3. The summed E-state index contributed by atoms with van der Waals surface area (Å²) in [6.07, 6.45) is -1.04. The van der Waals surface area contributed by atoms with E-state index in [-0.39, 0.29) is 5.91 Å². The molecule has 1 aliphatic heterocycles. The number of methoxy groups -OCH3 is 1. The predicted octanol–water partition coefficient (Wildman–Crippen LogP) is 0.628. The number of aliphatic hydroxyl groups is 1. The Morgan fingerprint density at radius 1 is 1.35 bits per heavy atom. The van der Waals surface area contributed by atoms with E-state index in [0.717, 1.165) is 0 Å². The number of carbonyl (C=O) groups excluding carboxylic acids is 2. The number of hydrogen-bond acceptors (Lipinski definition) is 4. The lowest BCUT2D eigenvalue weighted by Gasteiger charge is -2.23. The second-order valence-electron chi connectivity index (χ2n) is 3.86. The number of aliphatic hydroxyl groups excluding tert-OH is 1. The van der Waals surface area contributed by atoms with Crippen LogP contribution in [0.15, 0.2) is 24.3 Å². The van der Waals surface area contributed by atoms with Crippen molar-refractivity contribution in [1.82, 2.24) is 0 Å². The van der Waals surface area contributed by atoms with Crippen LogP contribution < -0.4 is 4.90 Å². The fourth-order valence-electron chi connectivity index (χ4n) is 2.14. The first kappa shape index (κ1) is 11.6. The van der Waals surface area contributed by atoms with E-state index in [1.165, 1.54) is 18.9 Å². The fraction of sp³-hybridized carbons (Fsp3) is 0.333. The van der Waals surface area contributed by atoms with Gasteiger partial charge in [-0.25, -0.2) is 4.79 Å². The number of anilines is 1. The topological polar surface area (TPSA) is 66.8 Å². The van der Waals surface area contributed by atoms with Gasteiger partial charge in [-0.1, -0.05) is 18.2 Å². The minimum atomic E-state index is -1.04. The highest BCUT2D eigenvalue weighted by Crippen LogP contribution is 2.39. The number of benzene rings is 1. The summed E-state index contributed by atoms with van der Waals surface area (Å²) in [4.78, 5) is 24.5. The molecule has 2 atom stereocenters. The van der Waals surface area contributed by atoms with Crippen LogP contribution in [-0.4, -0.2) is 30.1 Å². The highest BCUT2D eigenvalue weighted by atomic mass is 16.5. The molecule has 2 rings (SSSR count). The maximum atomic E-state index is 11.6. The zero-order valence-corrected chi connectivity index (χ0v) is 9.58. The van der Waals surface area contributed by atoms with E-state index < -0.39 is 18.1 Å². The van der Waals surface area contributed by atoms with Gasteiger partial charge in [0.1, 0.15) is 6.10 Å². The number of para-hydroxylation sites is 1.